The molecule has 1 saturated carbocycles. The predicted octanol–water partition coefficient (Wildman–Crippen LogP) is 6.66. The quantitative estimate of drug-likeness (QED) is 0.224. The van der Waals surface area contributed by atoms with Gasteiger partial charge in [-0.3, -0.25) is 13.9 Å². The van der Waals surface area contributed by atoms with Gasteiger partial charge >= 0.3 is 0 Å². The third-order valence-corrected chi connectivity index (χ3v) is 10.4. The first-order chi connectivity index (χ1) is 19.6. The fourth-order valence-corrected chi connectivity index (χ4v) is 7.31. The molecule has 0 aliphatic heterocycles. The Balaban J connectivity index is 1.73. The summed E-state index contributed by atoms with van der Waals surface area (Å²) in [6, 6.07) is 19.1. The third-order valence-electron chi connectivity index (χ3n) is 7.20. The van der Waals surface area contributed by atoms with Crippen LogP contribution in [0.4, 0.5) is 5.69 Å². The number of hydrogen-bond donors (Lipinski definition) is 1. The van der Waals surface area contributed by atoms with E-state index in [2.05, 4.69) is 27.9 Å². The second-order valence-electron chi connectivity index (χ2n) is 9.94. The zero-order valence-corrected chi connectivity index (χ0v) is 27.1. The molecule has 11 heteroatoms. The number of benzene rings is 3. The molecule has 2 amide bonds. The summed E-state index contributed by atoms with van der Waals surface area (Å²) in [6.07, 6.45) is 4.19. The minimum Gasteiger partial charge on any atom is -0.352 e. The minimum atomic E-state index is -4.13. The number of rotatable bonds is 11. The molecule has 1 aliphatic carbocycles. The van der Waals surface area contributed by atoms with E-state index in [0.717, 1.165) is 33.6 Å². The van der Waals surface area contributed by atoms with Crippen LogP contribution in [-0.4, -0.2) is 43.8 Å². The van der Waals surface area contributed by atoms with Crippen molar-refractivity contribution in [2.45, 2.75) is 62.6 Å². The SMILES string of the molecule is CC[C@H](C(=O)NC1CCCC1)N(Cc1c(Cl)cccc1Cl)C(=O)CN(c1ccc(I)cc1)S(=O)(=O)c1ccccc1. The lowest BCUT2D eigenvalue weighted by molar-refractivity contribution is -0.140. The van der Waals surface area contributed by atoms with Gasteiger partial charge in [-0.05, 0) is 90.4 Å². The van der Waals surface area contributed by atoms with E-state index >= 15 is 0 Å². The molecule has 0 unspecified atom stereocenters. The first-order valence-corrected chi connectivity index (χ1v) is 16.8. The molecule has 0 heterocycles. The van der Waals surface area contributed by atoms with Gasteiger partial charge in [-0.25, -0.2) is 8.42 Å². The number of nitrogens with zero attached hydrogens (tertiary/aromatic N) is 2. The number of carbonyl (C=O) groups excluding carboxylic acids is 2. The lowest BCUT2D eigenvalue weighted by atomic mass is 10.1. The van der Waals surface area contributed by atoms with Crippen LogP contribution in [-0.2, 0) is 26.2 Å². The fourth-order valence-electron chi connectivity index (χ4n) is 5.00. The molecule has 1 atom stereocenters. The van der Waals surface area contributed by atoms with Gasteiger partial charge in [-0.2, -0.15) is 0 Å². The van der Waals surface area contributed by atoms with E-state index in [9.17, 15) is 18.0 Å². The normalized spacial score (nSPS) is 14.4. The summed E-state index contributed by atoms with van der Waals surface area (Å²) < 4.78 is 29.8. The highest BCUT2D eigenvalue weighted by molar-refractivity contribution is 14.1. The van der Waals surface area contributed by atoms with Crippen LogP contribution in [0.1, 0.15) is 44.6 Å². The monoisotopic (exact) mass is 727 g/mol. The number of nitrogens with one attached hydrogen (secondary N) is 1. The van der Waals surface area contributed by atoms with E-state index in [1.54, 1.807) is 60.7 Å². The maximum absolute atomic E-state index is 14.2. The Morgan fingerprint density at radius 1 is 0.951 bits per heavy atom. The van der Waals surface area contributed by atoms with Crippen molar-refractivity contribution in [2.75, 3.05) is 10.8 Å². The maximum atomic E-state index is 14.2. The Morgan fingerprint density at radius 2 is 1.56 bits per heavy atom. The average Bonchev–Trinajstić information content (AvgIpc) is 3.47. The highest BCUT2D eigenvalue weighted by atomic mass is 127. The van der Waals surface area contributed by atoms with Crippen LogP contribution in [0.5, 0.6) is 0 Å². The van der Waals surface area contributed by atoms with Gasteiger partial charge in [0.2, 0.25) is 11.8 Å². The summed E-state index contributed by atoms with van der Waals surface area (Å²) in [4.78, 5) is 29.2. The number of anilines is 1. The van der Waals surface area contributed by atoms with E-state index < -0.39 is 28.5 Å². The van der Waals surface area contributed by atoms with E-state index in [1.165, 1.54) is 17.0 Å². The van der Waals surface area contributed by atoms with Crippen LogP contribution in [0, 0.1) is 3.57 Å². The van der Waals surface area contributed by atoms with Gasteiger partial charge in [0.1, 0.15) is 12.6 Å². The van der Waals surface area contributed by atoms with Gasteiger partial charge in [0, 0.05) is 31.8 Å². The molecule has 7 nitrogen and oxygen atoms in total. The van der Waals surface area contributed by atoms with E-state index in [0.29, 0.717) is 27.7 Å². The Morgan fingerprint density at radius 3 is 2.15 bits per heavy atom. The van der Waals surface area contributed by atoms with Crippen molar-refractivity contribution in [3.8, 4) is 0 Å². The molecule has 1 aliphatic rings. The van der Waals surface area contributed by atoms with Crippen molar-refractivity contribution in [3.05, 3.63) is 92.0 Å². The summed E-state index contributed by atoms with van der Waals surface area (Å²) in [5.41, 5.74) is 0.824. The number of amides is 2. The van der Waals surface area contributed by atoms with Gasteiger partial charge in [0.25, 0.3) is 10.0 Å². The zero-order valence-electron chi connectivity index (χ0n) is 22.6. The lowest BCUT2D eigenvalue weighted by Gasteiger charge is -2.34. The molecule has 41 heavy (non-hydrogen) atoms. The number of carbonyl (C=O) groups is 2. The first kappa shape index (κ1) is 31.6. The zero-order chi connectivity index (χ0) is 29.6. The van der Waals surface area contributed by atoms with Crippen LogP contribution in [0.25, 0.3) is 0 Å². The molecule has 4 rings (SSSR count). The van der Waals surface area contributed by atoms with Crippen molar-refractivity contribution in [1.29, 1.82) is 0 Å². The minimum absolute atomic E-state index is 0.0538. The fraction of sp³-hybridized carbons (Fsp3) is 0.333. The molecule has 3 aromatic carbocycles. The molecule has 0 spiro atoms. The molecule has 0 aromatic heterocycles. The molecular weight excluding hydrogens is 696 g/mol. The Labute approximate surface area is 265 Å². The Kier molecular flexibility index (Phi) is 11.0. The molecule has 0 bridgehead atoms. The van der Waals surface area contributed by atoms with Crippen LogP contribution in [0.2, 0.25) is 10.0 Å². The van der Waals surface area contributed by atoms with Gasteiger partial charge in [-0.1, -0.05) is 67.2 Å². The van der Waals surface area contributed by atoms with Crippen molar-refractivity contribution < 1.29 is 18.0 Å². The Hall–Kier alpha value is -2.34. The first-order valence-electron chi connectivity index (χ1n) is 13.5. The standard InChI is InChI=1S/C30H32Cl2IN3O4S/c1-2-28(30(38)34-22-9-6-7-10-22)35(19-25-26(31)13-8-14-27(25)32)29(37)20-36(23-17-15-21(33)16-18-23)41(39,40)24-11-4-3-5-12-24/h3-5,8,11-18,22,28H,2,6-7,9-10,19-20H2,1H3,(H,34,38)/t28-/m1/s1. The smallest absolute Gasteiger partial charge is 0.264 e. The van der Waals surface area contributed by atoms with Crippen molar-refractivity contribution in [2.24, 2.45) is 0 Å². The molecule has 1 N–H and O–H groups in total. The summed E-state index contributed by atoms with van der Waals surface area (Å²) >= 11 is 15.1. The van der Waals surface area contributed by atoms with Gasteiger partial charge in [0.15, 0.2) is 0 Å². The largest absolute Gasteiger partial charge is 0.352 e. The summed E-state index contributed by atoms with van der Waals surface area (Å²) in [5.74, 6) is -0.824. The molecule has 0 saturated heterocycles. The number of hydrogen-bond acceptors (Lipinski definition) is 4. The van der Waals surface area contributed by atoms with E-state index in [1.807, 2.05) is 6.92 Å². The molecule has 218 valence electrons. The van der Waals surface area contributed by atoms with E-state index in [4.69, 9.17) is 23.2 Å². The van der Waals surface area contributed by atoms with Crippen LogP contribution < -0.4 is 9.62 Å². The Bertz CT molecular complexity index is 1450. The van der Waals surface area contributed by atoms with Gasteiger partial charge < -0.3 is 10.2 Å². The highest BCUT2D eigenvalue weighted by Gasteiger charge is 2.35. The van der Waals surface area contributed by atoms with E-state index in [-0.39, 0.29) is 23.4 Å². The topological polar surface area (TPSA) is 86.8 Å². The van der Waals surface area contributed by atoms with Crippen molar-refractivity contribution >= 4 is 73.3 Å². The number of halogens is 3. The molecule has 0 radical (unpaired) electrons. The lowest BCUT2D eigenvalue weighted by Crippen LogP contribution is -2.53. The van der Waals surface area contributed by atoms with Crippen LogP contribution >= 0.6 is 45.8 Å². The molecule has 3 aromatic rings. The summed E-state index contributed by atoms with van der Waals surface area (Å²) in [5, 5.41) is 3.80. The maximum Gasteiger partial charge on any atom is 0.264 e. The number of sulfonamides is 1. The molecular formula is C30H32Cl2IN3O4S. The second-order valence-corrected chi connectivity index (χ2v) is 13.9. The second kappa shape index (κ2) is 14.2. The summed E-state index contributed by atoms with van der Waals surface area (Å²) in [6.45, 7) is 1.25. The van der Waals surface area contributed by atoms with Crippen molar-refractivity contribution in [3.63, 3.8) is 0 Å². The van der Waals surface area contributed by atoms with Gasteiger partial charge in [-0.15, -0.1) is 0 Å². The average molecular weight is 728 g/mol. The highest BCUT2D eigenvalue weighted by Crippen LogP contribution is 2.29. The molecule has 1 fully saturated rings. The van der Waals surface area contributed by atoms with Crippen LogP contribution in [0.15, 0.2) is 77.7 Å². The third kappa shape index (κ3) is 7.74. The van der Waals surface area contributed by atoms with Crippen molar-refractivity contribution in [1.82, 2.24) is 10.2 Å². The van der Waals surface area contributed by atoms with Crippen LogP contribution in [0.3, 0.4) is 0 Å². The summed E-state index contributed by atoms with van der Waals surface area (Å²) in [7, 11) is -4.13. The predicted molar refractivity (Wildman–Crippen MR) is 172 cm³/mol. The van der Waals surface area contributed by atoms with Gasteiger partial charge in [0.05, 0.1) is 10.6 Å².